The van der Waals surface area contributed by atoms with Crippen LogP contribution in [-0.4, -0.2) is 35.9 Å². The predicted octanol–water partition coefficient (Wildman–Crippen LogP) is 2.23. The van der Waals surface area contributed by atoms with E-state index >= 15 is 0 Å². The third-order valence-corrected chi connectivity index (χ3v) is 3.44. The highest BCUT2D eigenvalue weighted by molar-refractivity contribution is 6.18. The van der Waals surface area contributed by atoms with E-state index in [1.165, 1.54) is 0 Å². The van der Waals surface area contributed by atoms with Gasteiger partial charge in [0.25, 0.3) is 0 Å². The molecule has 0 spiro atoms. The molecule has 2 rings (SSSR count). The molecule has 0 unspecified atom stereocenters. The molecule has 0 aromatic rings. The van der Waals surface area contributed by atoms with Gasteiger partial charge in [-0.15, -0.1) is 11.6 Å². The van der Waals surface area contributed by atoms with Crippen molar-refractivity contribution >= 4 is 17.6 Å². The summed E-state index contributed by atoms with van der Waals surface area (Å²) in [5, 5.41) is 0. The van der Waals surface area contributed by atoms with Gasteiger partial charge in [0.1, 0.15) is 6.10 Å². The molecule has 0 aromatic carbocycles. The van der Waals surface area contributed by atoms with Crippen LogP contribution in [0.3, 0.4) is 0 Å². The first kappa shape index (κ1) is 13.1. The maximum Gasteiger partial charge on any atom is 0.306 e. The fourth-order valence-corrected chi connectivity index (χ4v) is 2.69. The first-order chi connectivity index (χ1) is 7.98. The summed E-state index contributed by atoms with van der Waals surface area (Å²) in [6, 6.07) is 0. The highest BCUT2D eigenvalue weighted by atomic mass is 35.5. The Morgan fingerprint density at radius 1 is 1.29 bits per heavy atom. The van der Waals surface area contributed by atoms with Gasteiger partial charge in [-0.3, -0.25) is 4.79 Å². The Bertz CT molecular complexity index is 292. The van der Waals surface area contributed by atoms with Crippen molar-refractivity contribution < 1.29 is 19.0 Å². The van der Waals surface area contributed by atoms with Crippen LogP contribution in [0.1, 0.15) is 39.5 Å². The van der Waals surface area contributed by atoms with Crippen LogP contribution in [-0.2, 0) is 19.0 Å². The lowest BCUT2D eigenvalue weighted by molar-refractivity contribution is -0.298. The van der Waals surface area contributed by atoms with E-state index in [1.807, 2.05) is 13.8 Å². The number of rotatable bonds is 3. The van der Waals surface area contributed by atoms with Gasteiger partial charge in [-0.25, -0.2) is 0 Å². The molecule has 17 heavy (non-hydrogen) atoms. The summed E-state index contributed by atoms with van der Waals surface area (Å²) < 4.78 is 16.7. The molecule has 2 heterocycles. The van der Waals surface area contributed by atoms with Gasteiger partial charge in [-0.2, -0.15) is 0 Å². The third-order valence-electron chi connectivity index (χ3n) is 3.09. The molecule has 0 aromatic heterocycles. The van der Waals surface area contributed by atoms with Gasteiger partial charge in [0.15, 0.2) is 5.79 Å². The van der Waals surface area contributed by atoms with Crippen molar-refractivity contribution in [3.8, 4) is 0 Å². The number of hydrogen-bond acceptors (Lipinski definition) is 4. The zero-order chi connectivity index (χ0) is 12.5. The van der Waals surface area contributed by atoms with Crippen molar-refractivity contribution in [1.29, 1.82) is 0 Å². The largest absolute Gasteiger partial charge is 0.462 e. The summed E-state index contributed by atoms with van der Waals surface area (Å²) in [4.78, 5) is 11.0. The maximum absolute atomic E-state index is 11.0. The molecule has 0 aliphatic carbocycles. The average molecular weight is 263 g/mol. The summed E-state index contributed by atoms with van der Waals surface area (Å²) in [5.74, 6) is -0.242. The van der Waals surface area contributed by atoms with Crippen LogP contribution >= 0.6 is 11.6 Å². The van der Waals surface area contributed by atoms with E-state index in [-0.39, 0.29) is 24.3 Å². The van der Waals surface area contributed by atoms with Gasteiger partial charge in [0.05, 0.1) is 12.2 Å². The maximum atomic E-state index is 11.0. The Kier molecular flexibility index (Phi) is 3.95. The molecule has 98 valence electrons. The molecule has 2 aliphatic rings. The van der Waals surface area contributed by atoms with Crippen LogP contribution in [0.4, 0.5) is 0 Å². The van der Waals surface area contributed by atoms with Gasteiger partial charge in [0, 0.05) is 25.1 Å². The van der Waals surface area contributed by atoms with Crippen molar-refractivity contribution in [1.82, 2.24) is 0 Å². The van der Waals surface area contributed by atoms with E-state index in [2.05, 4.69) is 0 Å². The molecule has 0 amide bonds. The molecule has 0 N–H and O–H groups in total. The van der Waals surface area contributed by atoms with Crippen LogP contribution in [0.15, 0.2) is 0 Å². The molecule has 2 aliphatic heterocycles. The number of alkyl halides is 1. The van der Waals surface area contributed by atoms with Crippen LogP contribution < -0.4 is 0 Å². The minimum atomic E-state index is -0.606. The molecule has 3 atom stereocenters. The van der Waals surface area contributed by atoms with Crippen LogP contribution in [0.25, 0.3) is 0 Å². The second-order valence-electron chi connectivity index (χ2n) is 5.16. The Labute approximate surface area is 107 Å². The number of esters is 1. The van der Waals surface area contributed by atoms with Crippen molar-refractivity contribution in [2.24, 2.45) is 0 Å². The van der Waals surface area contributed by atoms with Gasteiger partial charge < -0.3 is 14.2 Å². The SMILES string of the molecule is CC1(C)O[C@@H](CCl)C[C@H](C[C@H]2CCC(=O)O2)O1. The van der Waals surface area contributed by atoms with Crippen molar-refractivity contribution in [2.45, 2.75) is 63.6 Å². The second-order valence-corrected chi connectivity index (χ2v) is 5.46. The number of ether oxygens (including phenoxy) is 3. The molecule has 0 saturated carbocycles. The topological polar surface area (TPSA) is 44.8 Å². The number of halogens is 1. The van der Waals surface area contributed by atoms with Crippen molar-refractivity contribution in [2.75, 3.05) is 5.88 Å². The number of carbonyl (C=O) groups is 1. The Morgan fingerprint density at radius 3 is 2.59 bits per heavy atom. The Morgan fingerprint density at radius 2 is 2.00 bits per heavy atom. The highest BCUT2D eigenvalue weighted by Gasteiger charge is 2.37. The molecule has 2 fully saturated rings. The molecule has 2 saturated heterocycles. The molecule has 0 bridgehead atoms. The minimum absolute atomic E-state index is 0.00243. The molecule has 0 radical (unpaired) electrons. The summed E-state index contributed by atoms with van der Waals surface area (Å²) in [6.07, 6.45) is 2.90. The lowest BCUT2D eigenvalue weighted by Gasteiger charge is -2.40. The summed E-state index contributed by atoms with van der Waals surface area (Å²) in [6.45, 7) is 3.78. The fourth-order valence-electron chi connectivity index (χ4n) is 2.50. The van der Waals surface area contributed by atoms with E-state index in [0.29, 0.717) is 12.3 Å². The zero-order valence-corrected chi connectivity index (χ0v) is 11.0. The fraction of sp³-hybridized carbons (Fsp3) is 0.917. The Hall–Kier alpha value is -0.320. The van der Waals surface area contributed by atoms with Crippen molar-refractivity contribution in [3.63, 3.8) is 0 Å². The first-order valence-corrected chi connectivity index (χ1v) is 6.63. The van der Waals surface area contributed by atoms with Crippen LogP contribution in [0.2, 0.25) is 0 Å². The summed E-state index contributed by atoms with van der Waals surface area (Å²) >= 11 is 5.85. The molecule has 5 heteroatoms. The van der Waals surface area contributed by atoms with E-state index in [0.717, 1.165) is 19.3 Å². The third kappa shape index (κ3) is 3.57. The lowest BCUT2D eigenvalue weighted by atomic mass is 10.0. The summed E-state index contributed by atoms with van der Waals surface area (Å²) in [5.41, 5.74) is 0. The second kappa shape index (κ2) is 5.12. The van der Waals surface area contributed by atoms with E-state index in [9.17, 15) is 4.79 Å². The first-order valence-electron chi connectivity index (χ1n) is 6.09. The zero-order valence-electron chi connectivity index (χ0n) is 10.3. The number of carbonyl (C=O) groups excluding carboxylic acids is 1. The van der Waals surface area contributed by atoms with Crippen molar-refractivity contribution in [3.05, 3.63) is 0 Å². The standard InChI is InChI=1S/C12H19ClO4/c1-12(2)16-9(6-10(7-13)17-12)5-8-3-4-11(14)15-8/h8-10H,3-7H2,1-2H3/t8-,9+,10-/m1/s1. The van der Waals surface area contributed by atoms with Gasteiger partial charge >= 0.3 is 5.97 Å². The van der Waals surface area contributed by atoms with Crippen LogP contribution in [0.5, 0.6) is 0 Å². The van der Waals surface area contributed by atoms with Crippen LogP contribution in [0, 0.1) is 0 Å². The van der Waals surface area contributed by atoms with Gasteiger partial charge in [-0.1, -0.05) is 0 Å². The molecular weight excluding hydrogens is 244 g/mol. The quantitative estimate of drug-likeness (QED) is 0.578. The normalized spacial score (nSPS) is 36.9. The molecule has 4 nitrogen and oxygen atoms in total. The lowest BCUT2D eigenvalue weighted by Crippen LogP contribution is -2.46. The predicted molar refractivity (Wildman–Crippen MR) is 62.9 cm³/mol. The highest BCUT2D eigenvalue weighted by Crippen LogP contribution is 2.31. The minimum Gasteiger partial charge on any atom is -0.462 e. The van der Waals surface area contributed by atoms with E-state index in [1.54, 1.807) is 0 Å². The Balaban J connectivity index is 1.89. The van der Waals surface area contributed by atoms with E-state index in [4.69, 9.17) is 25.8 Å². The molecular formula is C12H19ClO4. The van der Waals surface area contributed by atoms with Gasteiger partial charge in [-0.05, 0) is 20.3 Å². The number of hydrogen-bond donors (Lipinski definition) is 0. The summed E-state index contributed by atoms with van der Waals surface area (Å²) in [7, 11) is 0. The van der Waals surface area contributed by atoms with Gasteiger partial charge in [0.2, 0.25) is 0 Å². The smallest absolute Gasteiger partial charge is 0.306 e. The van der Waals surface area contributed by atoms with E-state index < -0.39 is 5.79 Å². The average Bonchev–Trinajstić information content (AvgIpc) is 2.61. The number of cyclic esters (lactones) is 1. The monoisotopic (exact) mass is 262 g/mol.